The fraction of sp³-hybridized carbons (Fsp3) is 0.111. The van der Waals surface area contributed by atoms with Gasteiger partial charge in [0.25, 0.3) is 0 Å². The number of carbonyl (C=O) groups excluding carboxylic acids is 1. The van der Waals surface area contributed by atoms with Crippen molar-refractivity contribution in [2.75, 3.05) is 0 Å². The van der Waals surface area contributed by atoms with Crippen molar-refractivity contribution in [1.29, 1.82) is 0 Å². The number of carboxylic acids is 1. The van der Waals surface area contributed by atoms with Crippen molar-refractivity contribution in [3.63, 3.8) is 0 Å². The molecule has 1 N–H and O–H groups in total. The van der Waals surface area contributed by atoms with E-state index >= 15 is 0 Å². The molecule has 0 fully saturated rings. The molecule has 0 aliphatic heterocycles. The third-order valence-electron chi connectivity index (χ3n) is 3.79. The Bertz CT molecular complexity index is 893. The zero-order valence-electron chi connectivity index (χ0n) is 12.2. The van der Waals surface area contributed by atoms with Gasteiger partial charge in [0.05, 0.1) is 17.7 Å². The fourth-order valence-corrected chi connectivity index (χ4v) is 2.55. The minimum atomic E-state index is -0.947. The first-order valence-corrected chi connectivity index (χ1v) is 7.39. The molecule has 3 aromatic rings. The number of hydrogen-bond donors (Lipinski definition) is 1. The summed E-state index contributed by atoms with van der Waals surface area (Å²) in [5, 5.41) is 10.5. The molecule has 2 aromatic carbocycles. The van der Waals surface area contributed by atoms with Crippen LogP contribution in [0.1, 0.15) is 34.3 Å². The number of halogens is 1. The van der Waals surface area contributed by atoms with E-state index in [0.29, 0.717) is 32.7 Å². The van der Waals surface area contributed by atoms with Crippen LogP contribution >= 0.6 is 11.6 Å². The Kier molecular flexibility index (Phi) is 3.92. The Balaban J connectivity index is 2.15. The molecule has 1 atom stereocenters. The zero-order chi connectivity index (χ0) is 16.6. The van der Waals surface area contributed by atoms with E-state index in [9.17, 15) is 14.7 Å². The van der Waals surface area contributed by atoms with Gasteiger partial charge in [0.2, 0.25) is 0 Å². The number of carbonyl (C=O) groups is 2. The normalized spacial score (nSPS) is 12.3. The summed E-state index contributed by atoms with van der Waals surface area (Å²) in [7, 11) is 0. The highest BCUT2D eigenvalue weighted by molar-refractivity contribution is 6.30. The van der Waals surface area contributed by atoms with Crippen LogP contribution in [0.4, 0.5) is 0 Å². The van der Waals surface area contributed by atoms with Gasteiger partial charge in [-0.1, -0.05) is 11.6 Å². The molecule has 4 nitrogen and oxygen atoms in total. The molecule has 116 valence electrons. The Morgan fingerprint density at radius 1 is 1.13 bits per heavy atom. The summed E-state index contributed by atoms with van der Waals surface area (Å²) in [6, 6.07) is 11.6. The van der Waals surface area contributed by atoms with E-state index in [2.05, 4.69) is 0 Å². The molecule has 0 bridgehead atoms. The second-order valence-corrected chi connectivity index (χ2v) is 5.74. The number of ketones is 1. The van der Waals surface area contributed by atoms with E-state index < -0.39 is 11.9 Å². The van der Waals surface area contributed by atoms with E-state index in [-0.39, 0.29) is 5.78 Å². The second kappa shape index (κ2) is 5.89. The maximum absolute atomic E-state index is 12.8. The van der Waals surface area contributed by atoms with Gasteiger partial charge >= 0.3 is 5.97 Å². The maximum atomic E-state index is 12.8. The molecule has 0 aliphatic rings. The van der Waals surface area contributed by atoms with Crippen LogP contribution in [0.5, 0.6) is 0 Å². The first kappa shape index (κ1) is 15.3. The molecular weight excluding hydrogens is 316 g/mol. The number of benzene rings is 2. The van der Waals surface area contributed by atoms with Gasteiger partial charge in [0.15, 0.2) is 5.78 Å². The Morgan fingerprint density at radius 2 is 1.83 bits per heavy atom. The minimum absolute atomic E-state index is 0.235. The van der Waals surface area contributed by atoms with Crippen LogP contribution in [0.3, 0.4) is 0 Å². The molecule has 0 saturated carbocycles. The second-order valence-electron chi connectivity index (χ2n) is 5.30. The molecule has 5 heteroatoms. The molecule has 1 unspecified atom stereocenters. The van der Waals surface area contributed by atoms with E-state index in [4.69, 9.17) is 16.0 Å². The summed E-state index contributed by atoms with van der Waals surface area (Å²) in [4.78, 5) is 24.0. The van der Waals surface area contributed by atoms with Gasteiger partial charge in [-0.05, 0) is 55.0 Å². The molecular formula is C18H13ClO4. The maximum Gasteiger partial charge on any atom is 0.310 e. The van der Waals surface area contributed by atoms with Crippen molar-refractivity contribution >= 4 is 34.3 Å². The van der Waals surface area contributed by atoms with Crippen LogP contribution in [0.2, 0.25) is 5.02 Å². The van der Waals surface area contributed by atoms with Crippen LogP contribution < -0.4 is 0 Å². The van der Waals surface area contributed by atoms with Gasteiger partial charge < -0.3 is 9.52 Å². The van der Waals surface area contributed by atoms with Gasteiger partial charge in [-0.2, -0.15) is 0 Å². The monoisotopic (exact) mass is 328 g/mol. The minimum Gasteiger partial charge on any atom is -0.481 e. The molecule has 0 radical (unpaired) electrons. The summed E-state index contributed by atoms with van der Waals surface area (Å²) in [6.07, 6.45) is 1.48. The van der Waals surface area contributed by atoms with E-state index in [0.717, 1.165) is 0 Å². The van der Waals surface area contributed by atoms with E-state index in [1.165, 1.54) is 6.26 Å². The SMILES string of the molecule is CC(C(=O)O)c1cc(C(=O)c2ccc(Cl)cc2)c2occc2c1. The molecule has 0 amide bonds. The summed E-state index contributed by atoms with van der Waals surface area (Å²) in [5.41, 5.74) is 1.82. The quantitative estimate of drug-likeness (QED) is 0.716. The number of carboxylic acid groups (broad SMARTS) is 1. The van der Waals surface area contributed by atoms with Gasteiger partial charge in [-0.3, -0.25) is 9.59 Å². The lowest BCUT2D eigenvalue weighted by molar-refractivity contribution is -0.138. The average molecular weight is 329 g/mol. The Morgan fingerprint density at radius 3 is 2.48 bits per heavy atom. The standard InChI is InChI=1S/C18H13ClO4/c1-10(18(21)22)13-8-12-6-7-23-17(12)15(9-13)16(20)11-2-4-14(19)5-3-11/h2-10H,1H3,(H,21,22). The number of fused-ring (bicyclic) bond motifs is 1. The summed E-state index contributed by atoms with van der Waals surface area (Å²) in [5.74, 6) is -1.90. The van der Waals surface area contributed by atoms with Crippen molar-refractivity contribution < 1.29 is 19.1 Å². The average Bonchev–Trinajstić information content (AvgIpc) is 3.01. The molecule has 1 aromatic heterocycles. The largest absolute Gasteiger partial charge is 0.481 e. The summed E-state index contributed by atoms with van der Waals surface area (Å²) >= 11 is 5.85. The lowest BCUT2D eigenvalue weighted by Crippen LogP contribution is -2.09. The van der Waals surface area contributed by atoms with E-state index in [1.807, 2.05) is 0 Å². The van der Waals surface area contributed by atoms with Crippen LogP contribution in [0, 0.1) is 0 Å². The summed E-state index contributed by atoms with van der Waals surface area (Å²) < 4.78 is 5.42. The van der Waals surface area contributed by atoms with Crippen molar-refractivity contribution in [3.8, 4) is 0 Å². The Labute approximate surface area is 137 Å². The predicted octanol–water partition coefficient (Wildman–Crippen LogP) is 4.51. The number of hydrogen-bond acceptors (Lipinski definition) is 3. The zero-order valence-corrected chi connectivity index (χ0v) is 13.0. The van der Waals surface area contributed by atoms with Crippen molar-refractivity contribution in [1.82, 2.24) is 0 Å². The molecule has 0 spiro atoms. The number of aliphatic carboxylic acids is 1. The van der Waals surface area contributed by atoms with Gasteiger partial charge in [-0.25, -0.2) is 0 Å². The number of rotatable bonds is 4. The number of furan rings is 1. The topological polar surface area (TPSA) is 67.5 Å². The van der Waals surface area contributed by atoms with Crippen molar-refractivity contribution in [2.45, 2.75) is 12.8 Å². The summed E-state index contributed by atoms with van der Waals surface area (Å²) in [6.45, 7) is 1.58. The molecule has 1 heterocycles. The third kappa shape index (κ3) is 2.85. The molecule has 0 aliphatic carbocycles. The van der Waals surface area contributed by atoms with Gasteiger partial charge in [0.1, 0.15) is 5.58 Å². The lowest BCUT2D eigenvalue weighted by Gasteiger charge is -2.10. The highest BCUT2D eigenvalue weighted by atomic mass is 35.5. The van der Waals surface area contributed by atoms with Crippen molar-refractivity contribution in [3.05, 3.63) is 70.4 Å². The predicted molar refractivity (Wildman–Crippen MR) is 87.1 cm³/mol. The van der Waals surface area contributed by atoms with Gasteiger partial charge in [0, 0.05) is 16.0 Å². The fourth-order valence-electron chi connectivity index (χ4n) is 2.42. The molecule has 0 saturated heterocycles. The molecule has 3 rings (SSSR count). The Hall–Kier alpha value is -2.59. The third-order valence-corrected chi connectivity index (χ3v) is 4.05. The lowest BCUT2D eigenvalue weighted by atomic mass is 9.94. The first-order chi connectivity index (χ1) is 11.0. The van der Waals surface area contributed by atoms with Crippen LogP contribution in [-0.4, -0.2) is 16.9 Å². The molecule has 23 heavy (non-hydrogen) atoms. The smallest absolute Gasteiger partial charge is 0.310 e. The van der Waals surface area contributed by atoms with Crippen LogP contribution in [0.25, 0.3) is 11.0 Å². The van der Waals surface area contributed by atoms with E-state index in [1.54, 1.807) is 49.4 Å². The first-order valence-electron chi connectivity index (χ1n) is 7.01. The highest BCUT2D eigenvalue weighted by Gasteiger charge is 2.21. The van der Waals surface area contributed by atoms with Crippen LogP contribution in [0.15, 0.2) is 53.1 Å². The van der Waals surface area contributed by atoms with Crippen LogP contribution in [-0.2, 0) is 4.79 Å². The highest BCUT2D eigenvalue weighted by Crippen LogP contribution is 2.28. The van der Waals surface area contributed by atoms with Gasteiger partial charge in [-0.15, -0.1) is 0 Å². The van der Waals surface area contributed by atoms with Crippen molar-refractivity contribution in [2.24, 2.45) is 0 Å².